The highest BCUT2D eigenvalue weighted by molar-refractivity contribution is 7.23. The Morgan fingerprint density at radius 1 is 1.21 bits per heavy atom. The lowest BCUT2D eigenvalue weighted by atomic mass is 10.1. The van der Waals surface area contributed by atoms with Gasteiger partial charge in [-0.25, -0.2) is 4.98 Å². The molecular formula is C24H27ClN4O3S. The van der Waals surface area contributed by atoms with Crippen LogP contribution in [0.3, 0.4) is 0 Å². The molecule has 33 heavy (non-hydrogen) atoms. The van der Waals surface area contributed by atoms with Crippen LogP contribution < -0.4 is 14.5 Å². The summed E-state index contributed by atoms with van der Waals surface area (Å²) in [5, 5.41) is 1.15. The Hall–Kier alpha value is -2.68. The molecule has 1 atom stereocenters. The van der Waals surface area contributed by atoms with E-state index in [1.165, 1.54) is 11.3 Å². The predicted octanol–water partition coefficient (Wildman–Crippen LogP) is 4.30. The molecule has 1 saturated heterocycles. The van der Waals surface area contributed by atoms with Gasteiger partial charge in [-0.15, -0.1) is 0 Å². The van der Waals surface area contributed by atoms with Crippen LogP contribution in [0, 0.1) is 5.92 Å². The third kappa shape index (κ3) is 4.98. The predicted molar refractivity (Wildman–Crippen MR) is 134 cm³/mol. The largest absolute Gasteiger partial charge is 0.494 e. The molecule has 1 aliphatic heterocycles. The minimum Gasteiger partial charge on any atom is -0.494 e. The number of methoxy groups -OCH3 is 1. The summed E-state index contributed by atoms with van der Waals surface area (Å²) >= 11 is 7.79. The van der Waals surface area contributed by atoms with Gasteiger partial charge in [-0.1, -0.05) is 41.1 Å². The lowest BCUT2D eigenvalue weighted by Crippen LogP contribution is -2.39. The zero-order chi connectivity index (χ0) is 23.5. The average molecular weight is 487 g/mol. The van der Waals surface area contributed by atoms with E-state index in [1.807, 2.05) is 44.4 Å². The number of para-hydroxylation sites is 1. The number of thiazole rings is 1. The molecule has 1 fully saturated rings. The summed E-state index contributed by atoms with van der Waals surface area (Å²) in [6.45, 7) is 1.70. The van der Waals surface area contributed by atoms with Gasteiger partial charge < -0.3 is 14.5 Å². The standard InChI is InChI=1S/C24H27ClN4O3S/c1-27(2)12-7-13-28(24-26-21-19(32-3)11-10-18(25)22(21)33-24)23(31)16-14-20(30)29(15-16)17-8-5-4-6-9-17/h4-6,8-11,16H,7,12-15H2,1-3H3. The smallest absolute Gasteiger partial charge is 0.234 e. The number of amides is 2. The van der Waals surface area contributed by atoms with Gasteiger partial charge in [0.1, 0.15) is 11.3 Å². The first kappa shape index (κ1) is 23.5. The van der Waals surface area contributed by atoms with Crippen molar-refractivity contribution in [3.05, 3.63) is 47.5 Å². The van der Waals surface area contributed by atoms with E-state index in [2.05, 4.69) is 4.90 Å². The molecule has 1 unspecified atom stereocenters. The lowest BCUT2D eigenvalue weighted by Gasteiger charge is -2.24. The fourth-order valence-corrected chi connectivity index (χ4v) is 5.31. The number of benzene rings is 2. The number of aromatic nitrogens is 1. The van der Waals surface area contributed by atoms with Crippen molar-refractivity contribution in [2.45, 2.75) is 12.8 Å². The third-order valence-electron chi connectivity index (χ3n) is 5.69. The topological polar surface area (TPSA) is 66.0 Å². The van der Waals surface area contributed by atoms with E-state index in [0.717, 1.165) is 23.4 Å². The number of ether oxygens (including phenoxy) is 1. The summed E-state index contributed by atoms with van der Waals surface area (Å²) in [5.41, 5.74) is 1.46. The molecule has 3 aromatic rings. The molecule has 0 aliphatic carbocycles. The van der Waals surface area contributed by atoms with Crippen molar-refractivity contribution in [2.24, 2.45) is 5.92 Å². The molecule has 0 bridgehead atoms. The Labute approximate surface area is 202 Å². The number of rotatable bonds is 8. The van der Waals surface area contributed by atoms with Gasteiger partial charge in [0.2, 0.25) is 11.8 Å². The molecule has 2 aromatic carbocycles. The van der Waals surface area contributed by atoms with Crippen molar-refractivity contribution in [3.8, 4) is 5.75 Å². The SMILES string of the molecule is COc1ccc(Cl)c2sc(N(CCCN(C)C)C(=O)C3CC(=O)N(c4ccccc4)C3)nc12. The second kappa shape index (κ2) is 10.1. The molecule has 0 radical (unpaired) electrons. The Morgan fingerprint density at radius 2 is 1.97 bits per heavy atom. The van der Waals surface area contributed by atoms with Crippen LogP contribution in [-0.2, 0) is 9.59 Å². The van der Waals surface area contributed by atoms with Crippen LogP contribution in [0.1, 0.15) is 12.8 Å². The summed E-state index contributed by atoms with van der Waals surface area (Å²) in [4.78, 5) is 36.6. The van der Waals surface area contributed by atoms with Crippen LogP contribution in [0.25, 0.3) is 10.2 Å². The Morgan fingerprint density at radius 3 is 2.67 bits per heavy atom. The average Bonchev–Trinajstić information content (AvgIpc) is 3.42. The molecule has 174 valence electrons. The highest BCUT2D eigenvalue weighted by Crippen LogP contribution is 2.39. The van der Waals surface area contributed by atoms with Gasteiger partial charge in [0, 0.05) is 25.2 Å². The number of hydrogen-bond acceptors (Lipinski definition) is 6. The highest BCUT2D eigenvalue weighted by atomic mass is 35.5. The number of nitrogens with zero attached hydrogens (tertiary/aromatic N) is 4. The van der Waals surface area contributed by atoms with E-state index in [0.29, 0.717) is 34.5 Å². The molecule has 0 spiro atoms. The number of carbonyl (C=O) groups is 2. The Bertz CT molecular complexity index is 1150. The van der Waals surface area contributed by atoms with Crippen molar-refractivity contribution in [2.75, 3.05) is 50.6 Å². The Kier molecular flexibility index (Phi) is 7.17. The number of carbonyl (C=O) groups excluding carboxylic acids is 2. The second-order valence-corrected chi connectivity index (χ2v) is 9.70. The lowest BCUT2D eigenvalue weighted by molar-refractivity contribution is -0.124. The van der Waals surface area contributed by atoms with Crippen LogP contribution in [0.15, 0.2) is 42.5 Å². The first-order valence-electron chi connectivity index (χ1n) is 10.8. The molecule has 4 rings (SSSR count). The molecule has 1 aromatic heterocycles. The zero-order valence-electron chi connectivity index (χ0n) is 19.0. The van der Waals surface area contributed by atoms with E-state index >= 15 is 0 Å². The maximum absolute atomic E-state index is 13.7. The first-order valence-corrected chi connectivity index (χ1v) is 12.0. The van der Waals surface area contributed by atoms with E-state index in [4.69, 9.17) is 21.3 Å². The summed E-state index contributed by atoms with van der Waals surface area (Å²) < 4.78 is 6.23. The van der Waals surface area contributed by atoms with Crippen LogP contribution in [0.2, 0.25) is 5.02 Å². The minimum absolute atomic E-state index is 0.0400. The molecule has 0 saturated carbocycles. The van der Waals surface area contributed by atoms with E-state index in [-0.39, 0.29) is 18.2 Å². The van der Waals surface area contributed by atoms with Crippen LogP contribution in [-0.4, -0.2) is 62.5 Å². The van der Waals surface area contributed by atoms with E-state index < -0.39 is 5.92 Å². The molecule has 2 heterocycles. The maximum Gasteiger partial charge on any atom is 0.234 e. The van der Waals surface area contributed by atoms with Crippen molar-refractivity contribution in [1.29, 1.82) is 0 Å². The minimum atomic E-state index is -0.429. The van der Waals surface area contributed by atoms with Crippen molar-refractivity contribution < 1.29 is 14.3 Å². The van der Waals surface area contributed by atoms with E-state index in [9.17, 15) is 9.59 Å². The van der Waals surface area contributed by atoms with Crippen LogP contribution in [0.4, 0.5) is 10.8 Å². The van der Waals surface area contributed by atoms with E-state index in [1.54, 1.807) is 29.0 Å². The van der Waals surface area contributed by atoms with Crippen molar-refractivity contribution in [3.63, 3.8) is 0 Å². The van der Waals surface area contributed by atoms with Gasteiger partial charge in [-0.2, -0.15) is 0 Å². The van der Waals surface area contributed by atoms with Crippen molar-refractivity contribution >= 4 is 55.8 Å². The van der Waals surface area contributed by atoms with Crippen LogP contribution in [0.5, 0.6) is 5.75 Å². The van der Waals surface area contributed by atoms with Gasteiger partial charge in [-0.05, 0) is 51.3 Å². The quantitative estimate of drug-likeness (QED) is 0.475. The van der Waals surface area contributed by atoms with Gasteiger partial charge in [0.05, 0.1) is 22.8 Å². The Balaban J connectivity index is 1.63. The number of hydrogen-bond donors (Lipinski definition) is 0. The normalized spacial score (nSPS) is 16.1. The molecule has 0 N–H and O–H groups in total. The number of fused-ring (bicyclic) bond motifs is 1. The third-order valence-corrected chi connectivity index (χ3v) is 7.23. The summed E-state index contributed by atoms with van der Waals surface area (Å²) in [6, 6.07) is 13.0. The fourth-order valence-electron chi connectivity index (χ4n) is 4.02. The summed E-state index contributed by atoms with van der Waals surface area (Å²) in [6.07, 6.45) is 0.968. The van der Waals surface area contributed by atoms with Crippen LogP contribution >= 0.6 is 22.9 Å². The monoisotopic (exact) mass is 486 g/mol. The number of anilines is 2. The molecule has 7 nitrogen and oxygen atoms in total. The van der Waals surface area contributed by atoms with Gasteiger partial charge in [0.15, 0.2) is 5.13 Å². The van der Waals surface area contributed by atoms with Gasteiger partial charge >= 0.3 is 0 Å². The first-order chi connectivity index (χ1) is 15.9. The van der Waals surface area contributed by atoms with Gasteiger partial charge in [0.25, 0.3) is 0 Å². The number of halogens is 1. The molecule has 2 amide bonds. The maximum atomic E-state index is 13.7. The second-order valence-electron chi connectivity index (χ2n) is 8.31. The highest BCUT2D eigenvalue weighted by Gasteiger charge is 2.38. The van der Waals surface area contributed by atoms with Crippen molar-refractivity contribution in [1.82, 2.24) is 9.88 Å². The summed E-state index contributed by atoms with van der Waals surface area (Å²) in [7, 11) is 5.59. The van der Waals surface area contributed by atoms with Gasteiger partial charge in [-0.3, -0.25) is 14.5 Å². The molecule has 1 aliphatic rings. The fraction of sp³-hybridized carbons (Fsp3) is 0.375. The summed E-state index contributed by atoms with van der Waals surface area (Å²) in [5.74, 6) is 0.0572. The zero-order valence-corrected chi connectivity index (χ0v) is 20.5. The molecular weight excluding hydrogens is 460 g/mol. The molecule has 9 heteroatoms.